The van der Waals surface area contributed by atoms with Gasteiger partial charge >= 0.3 is 0 Å². The first-order valence-corrected chi connectivity index (χ1v) is 9.49. The van der Waals surface area contributed by atoms with Gasteiger partial charge in [-0.2, -0.15) is 4.98 Å². The standard InChI is InChI=1S/C21H21N5O4/c27-14-29-15-30-18-5-1-3-16(11-18)19-12-20(23-17-4-2-6-22-13-17)25-21(24-19)26-7-9-28-10-8-26/h1-6,11-14H,7-10,15H2,(H,23,24,25). The number of nitrogens with zero attached hydrogens (tertiary/aromatic N) is 4. The maximum Gasteiger partial charge on any atom is 0.295 e. The Balaban J connectivity index is 1.66. The highest BCUT2D eigenvalue weighted by atomic mass is 16.7. The number of anilines is 3. The lowest BCUT2D eigenvalue weighted by molar-refractivity contribution is -0.134. The number of aromatic nitrogens is 3. The molecule has 2 aromatic heterocycles. The Morgan fingerprint density at radius 3 is 2.83 bits per heavy atom. The van der Waals surface area contributed by atoms with Crippen LogP contribution < -0.4 is 15.0 Å². The number of nitrogens with one attached hydrogen (secondary N) is 1. The fourth-order valence-corrected chi connectivity index (χ4v) is 3.01. The van der Waals surface area contributed by atoms with Gasteiger partial charge in [-0.25, -0.2) is 4.98 Å². The summed E-state index contributed by atoms with van der Waals surface area (Å²) in [5.74, 6) is 1.85. The van der Waals surface area contributed by atoms with E-state index in [1.54, 1.807) is 18.5 Å². The lowest BCUT2D eigenvalue weighted by Crippen LogP contribution is -2.37. The summed E-state index contributed by atoms with van der Waals surface area (Å²) in [5.41, 5.74) is 2.42. The first-order chi connectivity index (χ1) is 14.8. The van der Waals surface area contributed by atoms with Crippen molar-refractivity contribution in [2.45, 2.75) is 0 Å². The third-order valence-electron chi connectivity index (χ3n) is 4.43. The molecule has 1 fully saturated rings. The number of pyridine rings is 1. The Hall–Kier alpha value is -3.72. The Bertz CT molecular complexity index is 980. The molecule has 0 aliphatic carbocycles. The van der Waals surface area contributed by atoms with Gasteiger partial charge in [0, 0.05) is 30.9 Å². The van der Waals surface area contributed by atoms with Crippen LogP contribution in [0.3, 0.4) is 0 Å². The molecule has 0 saturated carbocycles. The maximum atomic E-state index is 10.3. The minimum atomic E-state index is -0.149. The molecule has 9 heteroatoms. The maximum absolute atomic E-state index is 10.3. The molecule has 1 aliphatic heterocycles. The van der Waals surface area contributed by atoms with Gasteiger partial charge in [-0.05, 0) is 24.3 Å². The number of hydrogen-bond donors (Lipinski definition) is 1. The molecule has 9 nitrogen and oxygen atoms in total. The molecule has 1 saturated heterocycles. The summed E-state index contributed by atoms with van der Waals surface area (Å²) in [4.78, 5) is 26.0. The highest BCUT2D eigenvalue weighted by molar-refractivity contribution is 5.68. The van der Waals surface area contributed by atoms with Crippen LogP contribution in [0.4, 0.5) is 17.5 Å². The summed E-state index contributed by atoms with van der Waals surface area (Å²) < 4.78 is 15.5. The number of carbonyl (C=O) groups excluding carboxylic acids is 1. The number of benzene rings is 1. The van der Waals surface area contributed by atoms with E-state index in [2.05, 4.69) is 19.9 Å². The summed E-state index contributed by atoms with van der Waals surface area (Å²) in [6.07, 6.45) is 3.45. The molecule has 3 aromatic rings. The SMILES string of the molecule is O=COCOc1cccc(-c2cc(Nc3cccnc3)nc(N3CCOCC3)n2)c1. The fourth-order valence-electron chi connectivity index (χ4n) is 3.01. The molecule has 1 aromatic carbocycles. The van der Waals surface area contributed by atoms with Crippen LogP contribution in [-0.2, 0) is 14.3 Å². The largest absolute Gasteiger partial charge is 0.457 e. The number of carbonyl (C=O) groups is 1. The second-order valence-corrected chi connectivity index (χ2v) is 6.46. The van der Waals surface area contributed by atoms with Crippen LogP contribution in [0.2, 0.25) is 0 Å². The third kappa shape index (κ3) is 5.00. The fraction of sp³-hybridized carbons (Fsp3) is 0.238. The monoisotopic (exact) mass is 407 g/mol. The molecule has 30 heavy (non-hydrogen) atoms. The molecule has 0 radical (unpaired) electrons. The summed E-state index contributed by atoms with van der Waals surface area (Å²) in [6.45, 7) is 2.92. The van der Waals surface area contributed by atoms with Gasteiger partial charge < -0.3 is 24.4 Å². The van der Waals surface area contributed by atoms with Crippen molar-refractivity contribution in [1.29, 1.82) is 0 Å². The zero-order valence-electron chi connectivity index (χ0n) is 16.2. The van der Waals surface area contributed by atoms with Crippen LogP contribution in [0.1, 0.15) is 0 Å². The van der Waals surface area contributed by atoms with Gasteiger partial charge in [-0.3, -0.25) is 9.78 Å². The van der Waals surface area contributed by atoms with Crippen LogP contribution in [0, 0.1) is 0 Å². The van der Waals surface area contributed by atoms with E-state index in [0.29, 0.717) is 37.2 Å². The van der Waals surface area contributed by atoms with Crippen molar-refractivity contribution in [3.8, 4) is 17.0 Å². The van der Waals surface area contributed by atoms with Crippen molar-refractivity contribution in [2.24, 2.45) is 0 Å². The highest BCUT2D eigenvalue weighted by Crippen LogP contribution is 2.27. The van der Waals surface area contributed by atoms with E-state index >= 15 is 0 Å². The molecule has 0 spiro atoms. The topological polar surface area (TPSA) is 98.7 Å². The lowest BCUT2D eigenvalue weighted by atomic mass is 10.1. The second-order valence-electron chi connectivity index (χ2n) is 6.46. The molecular formula is C21H21N5O4. The normalized spacial score (nSPS) is 13.5. The van der Waals surface area contributed by atoms with E-state index in [0.717, 1.165) is 30.0 Å². The van der Waals surface area contributed by atoms with E-state index in [-0.39, 0.29) is 6.79 Å². The molecule has 154 valence electrons. The first-order valence-electron chi connectivity index (χ1n) is 9.49. The van der Waals surface area contributed by atoms with E-state index in [4.69, 9.17) is 19.4 Å². The molecule has 0 atom stereocenters. The van der Waals surface area contributed by atoms with Gasteiger partial charge in [0.15, 0.2) is 0 Å². The molecular weight excluding hydrogens is 386 g/mol. The molecule has 1 N–H and O–H groups in total. The van der Waals surface area contributed by atoms with Crippen molar-refractivity contribution in [1.82, 2.24) is 15.0 Å². The van der Waals surface area contributed by atoms with Gasteiger partial charge in [-0.1, -0.05) is 12.1 Å². The highest BCUT2D eigenvalue weighted by Gasteiger charge is 2.17. The van der Waals surface area contributed by atoms with Crippen LogP contribution in [-0.4, -0.2) is 54.5 Å². The minimum absolute atomic E-state index is 0.149. The van der Waals surface area contributed by atoms with Gasteiger partial charge in [0.1, 0.15) is 11.6 Å². The minimum Gasteiger partial charge on any atom is -0.457 e. The third-order valence-corrected chi connectivity index (χ3v) is 4.43. The predicted molar refractivity (Wildman–Crippen MR) is 111 cm³/mol. The van der Waals surface area contributed by atoms with Crippen LogP contribution in [0.25, 0.3) is 11.3 Å². The Kier molecular flexibility index (Phi) is 6.31. The van der Waals surface area contributed by atoms with E-state index in [1.165, 1.54) is 0 Å². The average Bonchev–Trinajstić information content (AvgIpc) is 2.80. The Labute approximate surface area is 173 Å². The summed E-state index contributed by atoms with van der Waals surface area (Å²) in [6, 6.07) is 13.1. The second kappa shape index (κ2) is 9.66. The average molecular weight is 407 g/mol. The number of ether oxygens (including phenoxy) is 3. The van der Waals surface area contributed by atoms with Gasteiger partial charge in [0.2, 0.25) is 12.7 Å². The van der Waals surface area contributed by atoms with Crippen molar-refractivity contribution in [2.75, 3.05) is 43.3 Å². The van der Waals surface area contributed by atoms with Gasteiger partial charge in [0.05, 0.1) is 30.8 Å². The zero-order valence-corrected chi connectivity index (χ0v) is 16.2. The van der Waals surface area contributed by atoms with Crippen molar-refractivity contribution < 1.29 is 19.0 Å². The van der Waals surface area contributed by atoms with E-state index < -0.39 is 0 Å². The van der Waals surface area contributed by atoms with Crippen molar-refractivity contribution >= 4 is 23.9 Å². The first kappa shape index (κ1) is 19.6. The lowest BCUT2D eigenvalue weighted by Gasteiger charge is -2.27. The Morgan fingerprint density at radius 1 is 1.13 bits per heavy atom. The van der Waals surface area contributed by atoms with E-state index in [1.807, 2.05) is 36.4 Å². The van der Waals surface area contributed by atoms with Gasteiger partial charge in [0.25, 0.3) is 6.47 Å². The van der Waals surface area contributed by atoms with Gasteiger partial charge in [-0.15, -0.1) is 0 Å². The summed E-state index contributed by atoms with van der Waals surface area (Å²) in [5, 5.41) is 3.29. The molecule has 0 amide bonds. The predicted octanol–water partition coefficient (Wildman–Crippen LogP) is 2.63. The molecule has 3 heterocycles. The van der Waals surface area contributed by atoms with Crippen LogP contribution >= 0.6 is 0 Å². The van der Waals surface area contributed by atoms with Crippen LogP contribution in [0.5, 0.6) is 5.75 Å². The molecule has 4 rings (SSSR count). The molecule has 0 unspecified atom stereocenters. The Morgan fingerprint density at radius 2 is 2.03 bits per heavy atom. The summed E-state index contributed by atoms with van der Waals surface area (Å²) in [7, 11) is 0. The zero-order chi connectivity index (χ0) is 20.6. The number of morpholine rings is 1. The molecule has 0 bridgehead atoms. The summed E-state index contributed by atoms with van der Waals surface area (Å²) >= 11 is 0. The quantitative estimate of drug-likeness (QED) is 0.343. The van der Waals surface area contributed by atoms with Crippen molar-refractivity contribution in [3.63, 3.8) is 0 Å². The molecule has 1 aliphatic rings. The van der Waals surface area contributed by atoms with E-state index in [9.17, 15) is 4.79 Å². The smallest absolute Gasteiger partial charge is 0.295 e. The van der Waals surface area contributed by atoms with Crippen molar-refractivity contribution in [3.05, 3.63) is 54.9 Å². The number of rotatable bonds is 8. The number of hydrogen-bond acceptors (Lipinski definition) is 9. The van der Waals surface area contributed by atoms with Crippen LogP contribution in [0.15, 0.2) is 54.9 Å².